The molecule has 2 rings (SSSR count). The van der Waals surface area contributed by atoms with E-state index >= 15 is 0 Å². The number of aliphatic hydroxyl groups is 1. The van der Waals surface area contributed by atoms with Crippen LogP contribution in [0.5, 0.6) is 0 Å². The lowest BCUT2D eigenvalue weighted by atomic mass is 9.78. The second-order valence-electron chi connectivity index (χ2n) is 6.83. The van der Waals surface area contributed by atoms with Crippen molar-refractivity contribution in [3.8, 4) is 6.07 Å². The second kappa shape index (κ2) is 8.70. The highest BCUT2D eigenvalue weighted by Crippen LogP contribution is 2.39. The van der Waals surface area contributed by atoms with Crippen LogP contribution >= 0.6 is 12.4 Å². The molecule has 2 heterocycles. The first kappa shape index (κ1) is 21.5. The van der Waals surface area contributed by atoms with Gasteiger partial charge in [0.05, 0.1) is 11.5 Å². The number of alkyl halides is 3. The zero-order valence-corrected chi connectivity index (χ0v) is 14.6. The maximum Gasteiger partial charge on any atom is 0.417 e. The van der Waals surface area contributed by atoms with Crippen molar-refractivity contribution in [1.82, 2.24) is 4.90 Å². The van der Waals surface area contributed by atoms with Gasteiger partial charge in [0.2, 0.25) is 0 Å². The summed E-state index contributed by atoms with van der Waals surface area (Å²) < 4.78 is 44.0. The molecule has 24 heavy (non-hydrogen) atoms. The molecule has 0 spiro atoms. The van der Waals surface area contributed by atoms with E-state index < -0.39 is 11.8 Å². The van der Waals surface area contributed by atoms with Crippen LogP contribution < -0.4 is 0 Å². The normalized spacial score (nSPS) is 28.5. The molecule has 8 heteroatoms. The maximum absolute atomic E-state index is 12.9. The Labute approximate surface area is 147 Å². The van der Waals surface area contributed by atoms with E-state index in [2.05, 4.69) is 6.07 Å². The summed E-state index contributed by atoms with van der Waals surface area (Å²) in [6.45, 7) is 2.71. The number of hydrogen-bond acceptors (Lipinski definition) is 4. The molecular formula is C16H26ClF3N2O2. The largest absolute Gasteiger partial charge is 0.417 e. The molecule has 2 fully saturated rings. The van der Waals surface area contributed by atoms with Gasteiger partial charge in [-0.15, -0.1) is 12.4 Å². The fraction of sp³-hybridized carbons (Fsp3) is 0.938. The van der Waals surface area contributed by atoms with E-state index in [9.17, 15) is 23.5 Å². The van der Waals surface area contributed by atoms with Crippen LogP contribution in [0, 0.1) is 16.7 Å². The first-order chi connectivity index (χ1) is 10.8. The van der Waals surface area contributed by atoms with Crippen LogP contribution in [-0.2, 0) is 4.74 Å². The average molecular weight is 371 g/mol. The molecular weight excluding hydrogens is 345 g/mol. The van der Waals surface area contributed by atoms with Gasteiger partial charge in [-0.2, -0.15) is 18.4 Å². The minimum absolute atomic E-state index is 0. The van der Waals surface area contributed by atoms with Crippen LogP contribution in [0.1, 0.15) is 44.9 Å². The lowest BCUT2D eigenvalue weighted by Crippen LogP contribution is -2.45. The van der Waals surface area contributed by atoms with Crippen LogP contribution in [0.3, 0.4) is 0 Å². The quantitative estimate of drug-likeness (QED) is 0.825. The molecule has 1 unspecified atom stereocenters. The lowest BCUT2D eigenvalue weighted by Gasteiger charge is -2.31. The van der Waals surface area contributed by atoms with Crippen molar-refractivity contribution in [2.45, 2.75) is 56.7 Å². The van der Waals surface area contributed by atoms with Crippen molar-refractivity contribution in [1.29, 1.82) is 5.26 Å². The third-order valence-electron chi connectivity index (χ3n) is 5.25. The third kappa shape index (κ3) is 5.22. The van der Waals surface area contributed by atoms with E-state index in [1.807, 2.05) is 4.90 Å². The highest BCUT2D eigenvalue weighted by Gasteiger charge is 2.53. The summed E-state index contributed by atoms with van der Waals surface area (Å²) in [6, 6.07) is 2.41. The topological polar surface area (TPSA) is 56.5 Å². The molecule has 2 aliphatic heterocycles. The number of hydrogen-bond donors (Lipinski definition) is 1. The van der Waals surface area contributed by atoms with Gasteiger partial charge in [0.1, 0.15) is 0 Å². The highest BCUT2D eigenvalue weighted by molar-refractivity contribution is 5.85. The maximum atomic E-state index is 12.9. The summed E-state index contributed by atoms with van der Waals surface area (Å²) in [4.78, 5) is 1.98. The smallest absolute Gasteiger partial charge is 0.381 e. The van der Waals surface area contributed by atoms with E-state index in [1.54, 1.807) is 0 Å². The molecule has 0 aromatic carbocycles. The van der Waals surface area contributed by atoms with Crippen molar-refractivity contribution in [3.63, 3.8) is 0 Å². The molecule has 0 aliphatic carbocycles. The van der Waals surface area contributed by atoms with Crippen LogP contribution in [-0.4, -0.2) is 54.6 Å². The van der Waals surface area contributed by atoms with Gasteiger partial charge < -0.3 is 14.7 Å². The predicted octanol–water partition coefficient (Wildman–Crippen LogP) is 3.29. The molecule has 2 saturated heterocycles. The van der Waals surface area contributed by atoms with Gasteiger partial charge in [0, 0.05) is 19.8 Å². The monoisotopic (exact) mass is 370 g/mol. The van der Waals surface area contributed by atoms with Gasteiger partial charge in [-0.05, 0) is 58.0 Å². The molecule has 0 radical (unpaired) electrons. The fourth-order valence-corrected chi connectivity index (χ4v) is 3.50. The Hall–Kier alpha value is -0.550. The van der Waals surface area contributed by atoms with Crippen molar-refractivity contribution < 1.29 is 23.0 Å². The standard InChI is InChI=1S/C16H25F3N2O2.ClH/c17-16(18,19)15(22)4-2-9-21(10-5-15)8-1-3-14(13-20)6-11-23-12-7-14;/h22H,1-12H2;1H. The van der Waals surface area contributed by atoms with Crippen molar-refractivity contribution >= 4 is 12.4 Å². The second-order valence-corrected chi connectivity index (χ2v) is 6.83. The van der Waals surface area contributed by atoms with Gasteiger partial charge in [-0.3, -0.25) is 0 Å². The first-order valence-electron chi connectivity index (χ1n) is 8.31. The summed E-state index contributed by atoms with van der Waals surface area (Å²) in [5.74, 6) is 0. The highest BCUT2D eigenvalue weighted by atomic mass is 35.5. The summed E-state index contributed by atoms with van der Waals surface area (Å²) in [5, 5.41) is 19.2. The Morgan fingerprint density at radius 2 is 1.79 bits per heavy atom. The zero-order valence-electron chi connectivity index (χ0n) is 13.8. The molecule has 0 aromatic rings. The van der Waals surface area contributed by atoms with Gasteiger partial charge in [0.15, 0.2) is 5.60 Å². The molecule has 4 nitrogen and oxygen atoms in total. The number of nitriles is 1. The van der Waals surface area contributed by atoms with Crippen LogP contribution in [0.25, 0.3) is 0 Å². The predicted molar refractivity (Wildman–Crippen MR) is 85.9 cm³/mol. The Balaban J connectivity index is 0.00000288. The number of halogens is 4. The van der Waals surface area contributed by atoms with E-state index in [0.717, 1.165) is 25.7 Å². The van der Waals surface area contributed by atoms with Gasteiger partial charge >= 0.3 is 6.18 Å². The summed E-state index contributed by atoms with van der Waals surface area (Å²) in [7, 11) is 0. The number of ether oxygens (including phenoxy) is 1. The van der Waals surface area contributed by atoms with E-state index in [-0.39, 0.29) is 37.2 Å². The molecule has 1 N–H and O–H groups in total. The number of rotatable bonds is 4. The van der Waals surface area contributed by atoms with Gasteiger partial charge in [-0.1, -0.05) is 0 Å². The van der Waals surface area contributed by atoms with Crippen LogP contribution in [0.4, 0.5) is 13.2 Å². The Bertz CT molecular complexity index is 436. The minimum Gasteiger partial charge on any atom is -0.381 e. The summed E-state index contributed by atoms with van der Waals surface area (Å²) in [5.41, 5.74) is -2.88. The molecule has 0 amide bonds. The summed E-state index contributed by atoms with van der Waals surface area (Å²) in [6.07, 6.45) is -1.71. The van der Waals surface area contributed by atoms with Crippen molar-refractivity contribution in [3.05, 3.63) is 0 Å². The molecule has 0 aromatic heterocycles. The average Bonchev–Trinajstić information content (AvgIpc) is 2.71. The first-order valence-corrected chi connectivity index (χ1v) is 8.31. The van der Waals surface area contributed by atoms with Gasteiger partial charge in [-0.25, -0.2) is 0 Å². The summed E-state index contributed by atoms with van der Waals surface area (Å²) >= 11 is 0. The Morgan fingerprint density at radius 1 is 1.12 bits per heavy atom. The molecule has 2 aliphatic rings. The zero-order chi connectivity index (χ0) is 17.0. The molecule has 1 atom stereocenters. The van der Waals surface area contributed by atoms with Crippen LogP contribution in [0.15, 0.2) is 0 Å². The van der Waals surface area contributed by atoms with Crippen molar-refractivity contribution in [2.75, 3.05) is 32.8 Å². The SMILES string of the molecule is Cl.N#CC1(CCCN2CCCC(O)(C(F)(F)F)CC2)CCOCC1. The number of nitrogens with zero attached hydrogens (tertiary/aromatic N) is 2. The van der Waals surface area contributed by atoms with Crippen LogP contribution in [0.2, 0.25) is 0 Å². The third-order valence-corrected chi connectivity index (χ3v) is 5.25. The van der Waals surface area contributed by atoms with E-state index in [0.29, 0.717) is 32.7 Å². The number of likely N-dealkylation sites (tertiary alicyclic amines) is 1. The minimum atomic E-state index is -4.56. The molecule has 0 bridgehead atoms. The lowest BCUT2D eigenvalue weighted by molar-refractivity contribution is -0.263. The van der Waals surface area contributed by atoms with E-state index in [4.69, 9.17) is 4.74 Å². The molecule has 140 valence electrons. The van der Waals surface area contributed by atoms with Gasteiger partial charge in [0.25, 0.3) is 0 Å². The Kier molecular flexibility index (Phi) is 7.79. The Morgan fingerprint density at radius 3 is 2.38 bits per heavy atom. The molecule has 0 saturated carbocycles. The van der Waals surface area contributed by atoms with E-state index in [1.165, 1.54) is 0 Å². The van der Waals surface area contributed by atoms with Crippen molar-refractivity contribution in [2.24, 2.45) is 5.41 Å². The fourth-order valence-electron chi connectivity index (χ4n) is 3.50.